The first-order chi connectivity index (χ1) is 18.9. The van der Waals surface area contributed by atoms with Gasteiger partial charge >= 0.3 is 6.03 Å². The molecule has 1 fully saturated rings. The Morgan fingerprint density at radius 1 is 0.897 bits per heavy atom. The monoisotopic (exact) mass is 584 g/mol. The molecule has 1 saturated heterocycles. The van der Waals surface area contributed by atoms with Crippen LogP contribution in [0, 0.1) is 0 Å². The molecule has 4 heterocycles. The van der Waals surface area contributed by atoms with Crippen molar-refractivity contribution < 1.29 is 18.0 Å². The van der Waals surface area contributed by atoms with Crippen molar-refractivity contribution >= 4 is 66.4 Å². The molecule has 1 aliphatic heterocycles. The number of amides is 3. The van der Waals surface area contributed by atoms with Crippen LogP contribution in [-0.2, 0) is 21.2 Å². The number of aromatic nitrogens is 3. The predicted octanol–water partition coefficient (Wildman–Crippen LogP) is 3.33. The maximum absolute atomic E-state index is 12.7. The molecule has 3 amide bonds. The molecule has 1 aromatic carbocycles. The van der Waals surface area contributed by atoms with E-state index in [9.17, 15) is 18.0 Å². The molecule has 0 bridgehead atoms. The van der Waals surface area contributed by atoms with E-state index in [1.165, 1.54) is 53.1 Å². The van der Waals surface area contributed by atoms with Crippen LogP contribution in [0.3, 0.4) is 0 Å². The normalized spacial score (nSPS) is 13.6. The number of anilines is 4. The molecule has 3 aromatic heterocycles. The number of nitrogens with one attached hydrogen (secondary N) is 3. The summed E-state index contributed by atoms with van der Waals surface area (Å²) in [5.74, 6) is 0.574. The van der Waals surface area contributed by atoms with Crippen LogP contribution in [0.4, 0.5) is 26.6 Å². The van der Waals surface area contributed by atoms with Crippen LogP contribution in [-0.4, -0.2) is 66.4 Å². The van der Waals surface area contributed by atoms with Crippen LogP contribution in [0.1, 0.15) is 5.69 Å². The number of piperazine rings is 1. The first-order valence-corrected chi connectivity index (χ1v) is 15.1. The summed E-state index contributed by atoms with van der Waals surface area (Å²) >= 11 is 2.42. The van der Waals surface area contributed by atoms with Crippen LogP contribution < -0.4 is 20.3 Å². The van der Waals surface area contributed by atoms with Gasteiger partial charge in [0, 0.05) is 55.0 Å². The minimum Gasteiger partial charge on any atom is -0.353 e. The van der Waals surface area contributed by atoms with Gasteiger partial charge in [-0.25, -0.2) is 28.2 Å². The topological polar surface area (TPSA) is 150 Å². The maximum Gasteiger partial charge on any atom is 0.323 e. The number of rotatable bonds is 8. The standard InChI is InChI=1S/C24H24N8O4S3/c33-21(27-17-4-6-19(7-5-17)39(35,36)30-22-26-9-14-37-22)15-18-16-38-23(28-18)29-24(34)32-12-10-31(11-13-32)20-3-1-2-8-25-20/h1-9,14,16H,10-13,15H2,(H,26,30)(H,27,33)(H,28,29,34). The number of carbonyl (C=O) groups excluding carboxylic acids is 2. The van der Waals surface area contributed by atoms with Crippen molar-refractivity contribution in [1.29, 1.82) is 0 Å². The van der Waals surface area contributed by atoms with Crippen molar-refractivity contribution in [3.05, 3.63) is 71.3 Å². The molecule has 12 nitrogen and oxygen atoms in total. The molecule has 0 aliphatic carbocycles. The van der Waals surface area contributed by atoms with E-state index in [1.54, 1.807) is 21.9 Å². The minimum absolute atomic E-state index is 0.000767. The third-order valence-corrected chi connectivity index (χ3v) is 8.73. The molecule has 0 atom stereocenters. The van der Waals surface area contributed by atoms with Crippen LogP contribution in [0.5, 0.6) is 0 Å². The molecule has 0 saturated carbocycles. The second-order valence-corrected chi connectivity index (χ2v) is 11.9. The third kappa shape index (κ3) is 6.87. The van der Waals surface area contributed by atoms with Crippen molar-refractivity contribution in [1.82, 2.24) is 19.9 Å². The van der Waals surface area contributed by atoms with Crippen molar-refractivity contribution in [2.45, 2.75) is 11.3 Å². The fourth-order valence-corrected chi connectivity index (χ4v) is 6.32. The molecule has 1 aliphatic rings. The van der Waals surface area contributed by atoms with Crippen molar-refractivity contribution in [2.24, 2.45) is 0 Å². The molecule has 3 N–H and O–H groups in total. The van der Waals surface area contributed by atoms with Gasteiger partial charge in [0.2, 0.25) is 5.91 Å². The summed E-state index contributed by atoms with van der Waals surface area (Å²) in [6.45, 7) is 2.49. The number of hydrogen-bond acceptors (Lipinski definition) is 10. The van der Waals surface area contributed by atoms with Gasteiger partial charge in [0.15, 0.2) is 10.3 Å². The second-order valence-electron chi connectivity index (χ2n) is 8.43. The zero-order chi connectivity index (χ0) is 27.2. The highest BCUT2D eigenvalue weighted by molar-refractivity contribution is 7.93. The number of hydrogen-bond donors (Lipinski definition) is 3. The number of pyridine rings is 1. The van der Waals surface area contributed by atoms with Crippen LogP contribution in [0.2, 0.25) is 0 Å². The largest absolute Gasteiger partial charge is 0.353 e. The Balaban J connectivity index is 1.09. The Bertz CT molecular complexity index is 1520. The zero-order valence-corrected chi connectivity index (χ0v) is 22.9. The summed E-state index contributed by atoms with van der Waals surface area (Å²) in [4.78, 5) is 41.7. The quantitative estimate of drug-likeness (QED) is 0.286. The lowest BCUT2D eigenvalue weighted by atomic mass is 10.3. The third-order valence-electron chi connectivity index (χ3n) is 5.75. The summed E-state index contributed by atoms with van der Waals surface area (Å²) in [5, 5.41) is 9.61. The lowest BCUT2D eigenvalue weighted by Gasteiger charge is -2.35. The van der Waals surface area contributed by atoms with E-state index >= 15 is 0 Å². The van der Waals surface area contributed by atoms with Gasteiger partial charge in [-0.05, 0) is 36.4 Å². The number of thiazole rings is 2. The van der Waals surface area contributed by atoms with Gasteiger partial charge in [0.1, 0.15) is 5.82 Å². The smallest absolute Gasteiger partial charge is 0.323 e. The van der Waals surface area contributed by atoms with E-state index in [2.05, 4.69) is 35.2 Å². The van der Waals surface area contributed by atoms with E-state index in [-0.39, 0.29) is 28.4 Å². The summed E-state index contributed by atoms with van der Waals surface area (Å²) < 4.78 is 27.3. The van der Waals surface area contributed by atoms with Crippen LogP contribution >= 0.6 is 22.7 Å². The Hall–Kier alpha value is -4.08. The van der Waals surface area contributed by atoms with Gasteiger partial charge in [0.05, 0.1) is 17.0 Å². The van der Waals surface area contributed by atoms with E-state index < -0.39 is 10.0 Å². The van der Waals surface area contributed by atoms with E-state index in [4.69, 9.17) is 0 Å². The fourth-order valence-electron chi connectivity index (χ4n) is 3.83. The van der Waals surface area contributed by atoms with Gasteiger partial charge < -0.3 is 15.1 Å². The molecule has 5 rings (SSSR count). The van der Waals surface area contributed by atoms with E-state index in [0.717, 1.165) is 5.82 Å². The van der Waals surface area contributed by atoms with Gasteiger partial charge in [-0.15, -0.1) is 22.7 Å². The molecule has 39 heavy (non-hydrogen) atoms. The van der Waals surface area contributed by atoms with Crippen molar-refractivity contribution in [3.63, 3.8) is 0 Å². The highest BCUT2D eigenvalue weighted by Crippen LogP contribution is 2.21. The van der Waals surface area contributed by atoms with Gasteiger partial charge in [-0.2, -0.15) is 0 Å². The van der Waals surface area contributed by atoms with Crippen molar-refractivity contribution in [2.75, 3.05) is 46.4 Å². The lowest BCUT2D eigenvalue weighted by Crippen LogP contribution is -2.50. The molecule has 0 radical (unpaired) electrons. The average molecular weight is 585 g/mol. The average Bonchev–Trinajstić information content (AvgIpc) is 3.61. The summed E-state index contributed by atoms with van der Waals surface area (Å²) in [7, 11) is -3.77. The SMILES string of the molecule is O=C(Cc1csc(NC(=O)N2CCN(c3ccccn3)CC2)n1)Nc1ccc(S(=O)(=O)Nc2nccs2)cc1. The number of benzene rings is 1. The molecule has 4 aromatic rings. The Labute approximate surface area is 232 Å². The first-order valence-electron chi connectivity index (χ1n) is 11.8. The second kappa shape index (κ2) is 11.8. The summed E-state index contributed by atoms with van der Waals surface area (Å²) in [5.41, 5.74) is 0.960. The molecule has 202 valence electrons. The predicted molar refractivity (Wildman–Crippen MR) is 151 cm³/mol. The van der Waals surface area contributed by atoms with Gasteiger partial charge in [0.25, 0.3) is 10.0 Å². The maximum atomic E-state index is 12.7. The fraction of sp³-hybridized carbons (Fsp3) is 0.208. The van der Waals surface area contributed by atoms with Gasteiger partial charge in [-0.3, -0.25) is 14.8 Å². The Kier molecular flexibility index (Phi) is 7.99. The number of sulfonamides is 1. The van der Waals surface area contributed by atoms with Crippen molar-refractivity contribution in [3.8, 4) is 0 Å². The van der Waals surface area contributed by atoms with Crippen LogP contribution in [0.25, 0.3) is 0 Å². The van der Waals surface area contributed by atoms with Crippen LogP contribution in [0.15, 0.2) is 70.5 Å². The molecular weight excluding hydrogens is 561 g/mol. The first kappa shape index (κ1) is 26.5. The molecule has 0 spiro atoms. The highest BCUT2D eigenvalue weighted by atomic mass is 32.2. The number of carbonyl (C=O) groups is 2. The number of urea groups is 1. The molecule has 15 heteroatoms. The summed E-state index contributed by atoms with van der Waals surface area (Å²) in [6, 6.07) is 11.3. The highest BCUT2D eigenvalue weighted by Gasteiger charge is 2.23. The zero-order valence-electron chi connectivity index (χ0n) is 20.5. The van der Waals surface area contributed by atoms with E-state index in [0.29, 0.717) is 42.7 Å². The van der Waals surface area contributed by atoms with E-state index in [1.807, 2.05) is 18.2 Å². The van der Waals surface area contributed by atoms with Gasteiger partial charge in [-0.1, -0.05) is 6.07 Å². The lowest BCUT2D eigenvalue weighted by molar-refractivity contribution is -0.115. The Morgan fingerprint density at radius 3 is 2.38 bits per heavy atom. The minimum atomic E-state index is -3.77. The molecular formula is C24H24N8O4S3. The Morgan fingerprint density at radius 2 is 1.69 bits per heavy atom. The number of nitrogens with zero attached hydrogens (tertiary/aromatic N) is 5. The summed E-state index contributed by atoms with van der Waals surface area (Å²) in [6.07, 6.45) is 3.26. The molecule has 0 unspecified atom stereocenters.